The van der Waals surface area contributed by atoms with Crippen LogP contribution in [0.5, 0.6) is 11.5 Å². The van der Waals surface area contributed by atoms with Gasteiger partial charge < -0.3 is 13.9 Å². The Hall–Kier alpha value is -4.10. The Morgan fingerprint density at radius 2 is 1.92 bits per heavy atom. The Labute approximate surface area is 218 Å². The monoisotopic (exact) mass is 515 g/mol. The molecule has 0 radical (unpaired) electrons. The third kappa shape index (κ3) is 5.08. The van der Waals surface area contributed by atoms with E-state index in [1.807, 2.05) is 38.1 Å². The van der Waals surface area contributed by atoms with Crippen molar-refractivity contribution < 1.29 is 13.9 Å². The van der Waals surface area contributed by atoms with Crippen molar-refractivity contribution >= 4 is 39.7 Å². The van der Waals surface area contributed by atoms with Gasteiger partial charge in [-0.05, 0) is 80.4 Å². The Balaban J connectivity index is 1.61. The number of nitrogens with zero attached hydrogens (tertiary/aromatic N) is 3. The van der Waals surface area contributed by atoms with Crippen LogP contribution in [-0.4, -0.2) is 28.6 Å². The van der Waals surface area contributed by atoms with Gasteiger partial charge in [-0.2, -0.15) is 9.78 Å². The first kappa shape index (κ1) is 24.6. The first-order valence-corrected chi connectivity index (χ1v) is 12.5. The molecule has 0 saturated heterocycles. The highest BCUT2D eigenvalue weighted by Crippen LogP contribution is 2.31. The number of hydrogen-bond donors (Lipinski definition) is 0. The molecule has 0 spiro atoms. The minimum absolute atomic E-state index is 0.0576. The molecule has 7 nitrogen and oxygen atoms in total. The molecule has 0 saturated carbocycles. The Morgan fingerprint density at radius 3 is 2.73 bits per heavy atom. The molecule has 0 N–H and O–H groups in total. The number of rotatable bonds is 8. The maximum absolute atomic E-state index is 13.5. The second-order valence-corrected chi connectivity index (χ2v) is 9.02. The molecular formula is C29H26ClN3O4. The molecule has 8 heteroatoms. The van der Waals surface area contributed by atoms with E-state index in [0.29, 0.717) is 45.4 Å². The highest BCUT2D eigenvalue weighted by atomic mass is 35.5. The van der Waals surface area contributed by atoms with Crippen molar-refractivity contribution in [3.63, 3.8) is 0 Å². The second-order valence-electron chi connectivity index (χ2n) is 8.58. The van der Waals surface area contributed by atoms with E-state index in [0.717, 1.165) is 17.4 Å². The molecule has 37 heavy (non-hydrogen) atoms. The molecule has 0 aliphatic heterocycles. The summed E-state index contributed by atoms with van der Waals surface area (Å²) >= 11 is 6.15. The average molecular weight is 516 g/mol. The third-order valence-electron chi connectivity index (χ3n) is 5.95. The Bertz CT molecular complexity index is 1670. The van der Waals surface area contributed by atoms with E-state index >= 15 is 0 Å². The van der Waals surface area contributed by atoms with Crippen LogP contribution in [0, 0.1) is 0 Å². The summed E-state index contributed by atoms with van der Waals surface area (Å²) in [6, 6.07) is 19.9. The molecule has 0 aliphatic carbocycles. The van der Waals surface area contributed by atoms with Crippen molar-refractivity contribution in [2.24, 2.45) is 5.10 Å². The standard InChI is InChI=1S/C29H26ClN3O4/c1-4-18(3)36-25-12-10-19(14-26(25)35-5-2)17-31-33-28(32-23-9-7-6-8-22(23)29(33)34)27-16-20-15-21(30)11-13-24(20)37-27/h6-18H,4-5H2,1-3H3/t18-/m0/s1. The van der Waals surface area contributed by atoms with Crippen LogP contribution in [-0.2, 0) is 0 Å². The number of furan rings is 1. The minimum atomic E-state index is -0.308. The summed E-state index contributed by atoms with van der Waals surface area (Å²) in [6.07, 6.45) is 2.53. The van der Waals surface area contributed by atoms with Gasteiger partial charge in [0, 0.05) is 10.4 Å². The van der Waals surface area contributed by atoms with Crippen molar-refractivity contribution in [2.75, 3.05) is 6.61 Å². The lowest BCUT2D eigenvalue weighted by Crippen LogP contribution is -2.20. The summed E-state index contributed by atoms with van der Waals surface area (Å²) in [7, 11) is 0. The Morgan fingerprint density at radius 1 is 1.08 bits per heavy atom. The molecule has 188 valence electrons. The number of fused-ring (bicyclic) bond motifs is 2. The fourth-order valence-corrected chi connectivity index (χ4v) is 4.09. The van der Waals surface area contributed by atoms with E-state index in [2.05, 4.69) is 12.0 Å². The molecule has 2 aromatic heterocycles. The van der Waals surface area contributed by atoms with Crippen molar-refractivity contribution in [2.45, 2.75) is 33.3 Å². The summed E-state index contributed by atoms with van der Waals surface area (Å²) in [5.74, 6) is 1.98. The predicted octanol–water partition coefficient (Wildman–Crippen LogP) is 6.92. The van der Waals surface area contributed by atoms with E-state index in [1.165, 1.54) is 4.68 Å². The van der Waals surface area contributed by atoms with Gasteiger partial charge >= 0.3 is 0 Å². The molecule has 0 aliphatic rings. The molecule has 0 fully saturated rings. The number of aromatic nitrogens is 2. The topological polar surface area (TPSA) is 78.9 Å². The smallest absolute Gasteiger partial charge is 0.282 e. The summed E-state index contributed by atoms with van der Waals surface area (Å²) < 4.78 is 19.1. The van der Waals surface area contributed by atoms with Crippen molar-refractivity contribution in [1.82, 2.24) is 9.66 Å². The minimum Gasteiger partial charge on any atom is -0.490 e. The van der Waals surface area contributed by atoms with Crippen molar-refractivity contribution in [3.05, 3.63) is 87.7 Å². The molecule has 0 amide bonds. The number of ether oxygens (including phenoxy) is 2. The van der Waals surface area contributed by atoms with Gasteiger partial charge in [-0.25, -0.2) is 4.98 Å². The van der Waals surface area contributed by atoms with Gasteiger partial charge in [0.15, 0.2) is 17.3 Å². The van der Waals surface area contributed by atoms with Gasteiger partial charge in [0.1, 0.15) is 5.58 Å². The van der Waals surface area contributed by atoms with Gasteiger partial charge in [-0.15, -0.1) is 0 Å². The van der Waals surface area contributed by atoms with Crippen LogP contribution in [0.15, 0.2) is 81.0 Å². The van der Waals surface area contributed by atoms with E-state index in [1.54, 1.807) is 48.7 Å². The SMILES string of the molecule is CCOc1cc(C=Nn2c(-c3cc4cc(Cl)ccc4o3)nc3ccccc3c2=O)ccc1O[C@@H](C)CC. The van der Waals surface area contributed by atoms with Crippen LogP contribution in [0.1, 0.15) is 32.8 Å². The summed E-state index contributed by atoms with van der Waals surface area (Å²) in [6.45, 7) is 6.49. The van der Waals surface area contributed by atoms with E-state index in [-0.39, 0.29) is 17.5 Å². The van der Waals surface area contributed by atoms with E-state index < -0.39 is 0 Å². The molecule has 1 atom stereocenters. The average Bonchev–Trinajstić information content (AvgIpc) is 3.32. The molecule has 3 aromatic carbocycles. The van der Waals surface area contributed by atoms with Crippen molar-refractivity contribution in [1.29, 1.82) is 0 Å². The number of halogens is 1. The van der Waals surface area contributed by atoms with Gasteiger partial charge in [0.05, 0.1) is 29.8 Å². The van der Waals surface area contributed by atoms with Crippen LogP contribution in [0.3, 0.4) is 0 Å². The third-order valence-corrected chi connectivity index (χ3v) is 6.18. The fourth-order valence-electron chi connectivity index (χ4n) is 3.91. The molecule has 5 aromatic rings. The van der Waals surface area contributed by atoms with Gasteiger partial charge in [-0.3, -0.25) is 4.79 Å². The van der Waals surface area contributed by atoms with Crippen LogP contribution in [0.25, 0.3) is 33.5 Å². The molecule has 0 unspecified atom stereocenters. The molecule has 2 heterocycles. The van der Waals surface area contributed by atoms with Gasteiger partial charge in [0.2, 0.25) is 5.82 Å². The van der Waals surface area contributed by atoms with Gasteiger partial charge in [0.25, 0.3) is 5.56 Å². The molecule has 0 bridgehead atoms. The molecule has 5 rings (SSSR count). The first-order valence-electron chi connectivity index (χ1n) is 12.2. The molecular weight excluding hydrogens is 490 g/mol. The second kappa shape index (κ2) is 10.5. The lowest BCUT2D eigenvalue weighted by Gasteiger charge is -2.16. The number of para-hydroxylation sites is 1. The van der Waals surface area contributed by atoms with E-state index in [9.17, 15) is 4.79 Å². The maximum atomic E-state index is 13.5. The largest absolute Gasteiger partial charge is 0.490 e. The number of hydrogen-bond acceptors (Lipinski definition) is 6. The predicted molar refractivity (Wildman–Crippen MR) is 147 cm³/mol. The van der Waals surface area contributed by atoms with Crippen LogP contribution in [0.4, 0.5) is 0 Å². The van der Waals surface area contributed by atoms with Crippen LogP contribution >= 0.6 is 11.6 Å². The normalized spacial score (nSPS) is 12.4. The lowest BCUT2D eigenvalue weighted by atomic mass is 10.2. The zero-order chi connectivity index (χ0) is 25.9. The van der Waals surface area contributed by atoms with Crippen LogP contribution < -0.4 is 15.0 Å². The highest BCUT2D eigenvalue weighted by molar-refractivity contribution is 6.31. The quantitative estimate of drug-likeness (QED) is 0.209. The highest BCUT2D eigenvalue weighted by Gasteiger charge is 2.17. The first-order chi connectivity index (χ1) is 18.0. The number of benzene rings is 3. The summed E-state index contributed by atoms with van der Waals surface area (Å²) in [5, 5.41) is 6.38. The Kier molecular flexibility index (Phi) is 6.97. The zero-order valence-electron chi connectivity index (χ0n) is 20.8. The van der Waals surface area contributed by atoms with Crippen LogP contribution in [0.2, 0.25) is 5.02 Å². The maximum Gasteiger partial charge on any atom is 0.282 e. The summed E-state index contributed by atoms with van der Waals surface area (Å²) in [4.78, 5) is 18.2. The van der Waals surface area contributed by atoms with Crippen molar-refractivity contribution in [3.8, 4) is 23.1 Å². The lowest BCUT2D eigenvalue weighted by molar-refractivity contribution is 0.203. The summed E-state index contributed by atoms with van der Waals surface area (Å²) in [5.41, 5.74) is 1.62. The zero-order valence-corrected chi connectivity index (χ0v) is 21.5. The van der Waals surface area contributed by atoms with E-state index in [4.69, 9.17) is 30.5 Å². The fraction of sp³-hybridized carbons (Fsp3) is 0.207. The van der Waals surface area contributed by atoms with Gasteiger partial charge in [-0.1, -0.05) is 30.7 Å².